The molecule has 1 N–H and O–H groups in total. The Morgan fingerprint density at radius 2 is 1.80 bits per heavy atom. The van der Waals surface area contributed by atoms with Gasteiger partial charge in [0.05, 0.1) is 17.4 Å². The Morgan fingerprint density at radius 3 is 2.44 bits per heavy atom. The third kappa shape index (κ3) is 3.73. The average Bonchev–Trinajstić information content (AvgIpc) is 2.65. The number of nitrogens with one attached hydrogen (secondary N) is 1. The monoisotopic (exact) mass is 346 g/mol. The molecule has 1 saturated heterocycles. The summed E-state index contributed by atoms with van der Waals surface area (Å²) >= 11 is 0. The molecule has 0 radical (unpaired) electrons. The number of carbonyl (C=O) groups is 2. The van der Waals surface area contributed by atoms with Crippen molar-refractivity contribution in [1.82, 2.24) is 9.88 Å². The van der Waals surface area contributed by atoms with Crippen molar-refractivity contribution in [1.29, 1.82) is 0 Å². The highest BCUT2D eigenvalue weighted by molar-refractivity contribution is 6.04. The number of benzene rings is 1. The van der Waals surface area contributed by atoms with E-state index in [-0.39, 0.29) is 5.56 Å². The number of piperazine rings is 1. The van der Waals surface area contributed by atoms with Gasteiger partial charge in [0.25, 0.3) is 5.91 Å². The smallest absolute Gasteiger partial charge is 0.257 e. The fourth-order valence-corrected chi connectivity index (χ4v) is 2.61. The quantitative estimate of drug-likeness (QED) is 0.859. The summed E-state index contributed by atoms with van der Waals surface area (Å²) in [6.07, 6.45) is 3.75. The molecule has 1 aromatic heterocycles. The van der Waals surface area contributed by atoms with E-state index in [1.807, 2.05) is 4.90 Å². The fourth-order valence-electron chi connectivity index (χ4n) is 2.61. The van der Waals surface area contributed by atoms with Crippen molar-refractivity contribution in [3.63, 3.8) is 0 Å². The molecule has 1 fully saturated rings. The molecule has 0 atom stereocenters. The van der Waals surface area contributed by atoms with Crippen LogP contribution in [0.2, 0.25) is 0 Å². The van der Waals surface area contributed by atoms with Gasteiger partial charge in [0.1, 0.15) is 17.3 Å². The van der Waals surface area contributed by atoms with Gasteiger partial charge in [-0.15, -0.1) is 0 Å². The Labute approximate surface area is 143 Å². The van der Waals surface area contributed by atoms with Crippen molar-refractivity contribution in [3.8, 4) is 0 Å². The second-order valence-corrected chi connectivity index (χ2v) is 5.61. The van der Waals surface area contributed by atoms with Crippen LogP contribution in [0.5, 0.6) is 0 Å². The zero-order chi connectivity index (χ0) is 17.8. The van der Waals surface area contributed by atoms with E-state index in [9.17, 15) is 18.4 Å². The molecule has 0 bridgehead atoms. The number of pyridine rings is 1. The van der Waals surface area contributed by atoms with Crippen LogP contribution >= 0.6 is 0 Å². The SMILES string of the molecule is O=CN1CCN(c2cncc(C(=O)Nc3c(F)cccc3F)c2)CC1. The molecule has 1 aliphatic heterocycles. The maximum Gasteiger partial charge on any atom is 0.257 e. The molecule has 0 saturated carbocycles. The predicted molar refractivity (Wildman–Crippen MR) is 88.4 cm³/mol. The maximum absolute atomic E-state index is 13.7. The largest absolute Gasteiger partial charge is 0.367 e. The van der Waals surface area contributed by atoms with Gasteiger partial charge in [0, 0.05) is 32.4 Å². The highest BCUT2D eigenvalue weighted by atomic mass is 19.1. The van der Waals surface area contributed by atoms with Crippen molar-refractivity contribution >= 4 is 23.7 Å². The van der Waals surface area contributed by atoms with Crippen LogP contribution in [0.1, 0.15) is 10.4 Å². The van der Waals surface area contributed by atoms with Gasteiger partial charge < -0.3 is 15.1 Å². The Bertz CT molecular complexity index is 772. The summed E-state index contributed by atoms with van der Waals surface area (Å²) in [5.41, 5.74) is 0.419. The van der Waals surface area contributed by atoms with Crippen molar-refractivity contribution < 1.29 is 18.4 Å². The molecule has 0 unspecified atom stereocenters. The van der Waals surface area contributed by atoms with E-state index in [0.717, 1.165) is 18.5 Å². The van der Waals surface area contributed by atoms with Crippen molar-refractivity contribution in [2.75, 3.05) is 36.4 Å². The number of aromatic nitrogens is 1. The van der Waals surface area contributed by atoms with E-state index in [1.54, 1.807) is 17.2 Å². The molecule has 3 rings (SSSR count). The van der Waals surface area contributed by atoms with Gasteiger partial charge in [-0.2, -0.15) is 0 Å². The van der Waals surface area contributed by atoms with Crippen molar-refractivity contribution in [2.45, 2.75) is 0 Å². The first-order chi connectivity index (χ1) is 12.1. The topological polar surface area (TPSA) is 65.5 Å². The summed E-state index contributed by atoms with van der Waals surface area (Å²) in [6.45, 7) is 2.40. The second kappa shape index (κ2) is 7.25. The van der Waals surface area contributed by atoms with Crippen molar-refractivity contribution in [2.24, 2.45) is 0 Å². The van der Waals surface area contributed by atoms with Crippen LogP contribution in [0.3, 0.4) is 0 Å². The number of carbonyl (C=O) groups excluding carboxylic acids is 2. The van der Waals surface area contributed by atoms with E-state index in [2.05, 4.69) is 10.3 Å². The Kier molecular flexibility index (Phi) is 4.87. The van der Waals surface area contributed by atoms with Gasteiger partial charge in [0.15, 0.2) is 0 Å². The minimum absolute atomic E-state index is 0.193. The van der Waals surface area contributed by atoms with E-state index in [0.29, 0.717) is 31.9 Å². The second-order valence-electron chi connectivity index (χ2n) is 5.61. The van der Waals surface area contributed by atoms with Crippen LogP contribution in [0.4, 0.5) is 20.2 Å². The summed E-state index contributed by atoms with van der Waals surface area (Å²) in [7, 11) is 0. The molecule has 2 amide bonds. The van der Waals surface area contributed by atoms with Crippen LogP contribution in [0.15, 0.2) is 36.7 Å². The van der Waals surface area contributed by atoms with E-state index in [4.69, 9.17) is 0 Å². The van der Waals surface area contributed by atoms with Crippen molar-refractivity contribution in [3.05, 3.63) is 53.9 Å². The van der Waals surface area contributed by atoms with Crippen LogP contribution in [0.25, 0.3) is 0 Å². The lowest BCUT2D eigenvalue weighted by atomic mass is 10.2. The first kappa shape index (κ1) is 16.8. The third-order valence-electron chi connectivity index (χ3n) is 4.02. The first-order valence-electron chi connectivity index (χ1n) is 7.73. The molecule has 1 aromatic carbocycles. The van der Waals surface area contributed by atoms with Gasteiger partial charge >= 0.3 is 0 Å². The molecule has 8 heteroatoms. The number of para-hydroxylation sites is 1. The molecule has 2 heterocycles. The van der Waals surface area contributed by atoms with Gasteiger partial charge in [-0.05, 0) is 18.2 Å². The zero-order valence-corrected chi connectivity index (χ0v) is 13.3. The van der Waals surface area contributed by atoms with Gasteiger partial charge in [-0.25, -0.2) is 8.78 Å². The molecule has 25 heavy (non-hydrogen) atoms. The molecule has 1 aliphatic rings. The Hall–Kier alpha value is -3.03. The number of rotatable bonds is 4. The molecule has 0 spiro atoms. The van der Waals surface area contributed by atoms with E-state index >= 15 is 0 Å². The molecular weight excluding hydrogens is 330 g/mol. The van der Waals surface area contributed by atoms with E-state index in [1.165, 1.54) is 12.3 Å². The lowest BCUT2D eigenvalue weighted by Crippen LogP contribution is -2.45. The molecule has 2 aromatic rings. The van der Waals surface area contributed by atoms with E-state index < -0.39 is 23.2 Å². The molecular formula is C17H16F2N4O2. The standard InChI is InChI=1S/C17H16F2N4O2/c18-14-2-1-3-15(19)16(14)21-17(25)12-8-13(10-20-9-12)23-6-4-22(11-24)5-7-23/h1-3,8-11H,4-7H2,(H,21,25). The summed E-state index contributed by atoms with van der Waals surface area (Å²) in [5, 5.41) is 2.24. The normalized spacial score (nSPS) is 14.3. The molecule has 6 nitrogen and oxygen atoms in total. The number of halogens is 2. The summed E-state index contributed by atoms with van der Waals surface area (Å²) < 4.78 is 27.3. The number of amides is 2. The third-order valence-corrected chi connectivity index (χ3v) is 4.02. The fraction of sp³-hybridized carbons (Fsp3) is 0.235. The van der Waals surface area contributed by atoms with Gasteiger partial charge in [0.2, 0.25) is 6.41 Å². The number of hydrogen-bond donors (Lipinski definition) is 1. The van der Waals surface area contributed by atoms with Gasteiger partial charge in [-0.3, -0.25) is 14.6 Å². The highest BCUT2D eigenvalue weighted by Gasteiger charge is 2.18. The van der Waals surface area contributed by atoms with Crippen LogP contribution in [-0.2, 0) is 4.79 Å². The number of anilines is 2. The minimum Gasteiger partial charge on any atom is -0.367 e. The lowest BCUT2D eigenvalue weighted by Gasteiger charge is -2.34. The summed E-state index contributed by atoms with van der Waals surface area (Å²) in [5.74, 6) is -2.34. The minimum atomic E-state index is -0.845. The number of hydrogen-bond acceptors (Lipinski definition) is 4. The Morgan fingerprint density at radius 1 is 1.12 bits per heavy atom. The predicted octanol–water partition coefficient (Wildman–Crippen LogP) is 1.89. The highest BCUT2D eigenvalue weighted by Crippen LogP contribution is 2.21. The molecule has 0 aliphatic carbocycles. The number of nitrogens with zero attached hydrogens (tertiary/aromatic N) is 3. The Balaban J connectivity index is 1.75. The van der Waals surface area contributed by atoms with Crippen LogP contribution in [0, 0.1) is 11.6 Å². The van der Waals surface area contributed by atoms with Crippen LogP contribution in [-0.4, -0.2) is 48.4 Å². The zero-order valence-electron chi connectivity index (χ0n) is 13.3. The van der Waals surface area contributed by atoms with Gasteiger partial charge in [-0.1, -0.05) is 6.07 Å². The van der Waals surface area contributed by atoms with Crippen LogP contribution < -0.4 is 10.2 Å². The average molecular weight is 346 g/mol. The summed E-state index contributed by atoms with van der Waals surface area (Å²) in [4.78, 5) is 30.7. The first-order valence-corrected chi connectivity index (χ1v) is 7.73. The molecule has 130 valence electrons. The maximum atomic E-state index is 13.7. The summed E-state index contributed by atoms with van der Waals surface area (Å²) in [6, 6.07) is 4.97. The lowest BCUT2D eigenvalue weighted by molar-refractivity contribution is -0.118.